The third kappa shape index (κ3) is 11.5. The number of esters is 1. The summed E-state index contributed by atoms with van der Waals surface area (Å²) >= 11 is 1.07. The fraction of sp³-hybridized carbons (Fsp3) is 0.500. The molecule has 2 aliphatic rings. The summed E-state index contributed by atoms with van der Waals surface area (Å²) in [5, 5.41) is 21.3. The number of nitro benzene ring substituents is 2. The molecule has 2 aromatic carbocycles. The van der Waals surface area contributed by atoms with Crippen LogP contribution in [0.15, 0.2) is 53.5 Å². The molecule has 0 N–H and O–H groups in total. The molecule has 2 aromatic rings. The predicted molar refractivity (Wildman–Crippen MR) is 203 cm³/mol. The van der Waals surface area contributed by atoms with Crippen LogP contribution in [0.1, 0.15) is 51.7 Å². The number of amidine groups is 1. The van der Waals surface area contributed by atoms with Gasteiger partial charge < -0.3 is 18.8 Å². The maximum atomic E-state index is 13.7. The molecule has 4 rings (SSSR count). The average molecular weight is 800 g/mol. The first kappa shape index (κ1) is 42.7. The van der Waals surface area contributed by atoms with E-state index in [0.717, 1.165) is 16.7 Å². The second-order valence-corrected chi connectivity index (χ2v) is 18.4. The highest BCUT2D eigenvalue weighted by Crippen LogP contribution is 2.44. The minimum absolute atomic E-state index is 0.0825. The van der Waals surface area contributed by atoms with Crippen molar-refractivity contribution in [2.45, 2.75) is 78.1 Å². The van der Waals surface area contributed by atoms with Gasteiger partial charge in [-0.05, 0) is 73.2 Å². The van der Waals surface area contributed by atoms with Crippen LogP contribution in [0, 0.1) is 37.5 Å². The Kier molecular flexibility index (Phi) is 14.4. The van der Waals surface area contributed by atoms with Crippen molar-refractivity contribution < 1.29 is 47.7 Å². The van der Waals surface area contributed by atoms with Crippen LogP contribution in [0.4, 0.5) is 16.2 Å². The summed E-state index contributed by atoms with van der Waals surface area (Å²) in [5.41, 5.74) is 0.269. The second kappa shape index (κ2) is 18.5. The minimum atomic E-state index is -1.50. The number of likely N-dealkylation sites (tertiary alicyclic amines) is 2. The molecule has 0 aromatic heterocycles. The molecule has 55 heavy (non-hydrogen) atoms. The van der Waals surface area contributed by atoms with E-state index in [-0.39, 0.29) is 53.9 Å². The van der Waals surface area contributed by atoms with E-state index in [9.17, 15) is 44.2 Å². The SMILES string of the molecule is CC(=NC(=O)OCc1ccc([N+](=O)[O-])cc1)N1CC[C@H](SC(=O)C[C@@H]2[C@H]([C@@H](CO[SiH](C)C)C(C)(C)C)C(=O)N2C(=O)C(=O)OCc2ccc([N+](=O)[O-])cc2)C1. The third-order valence-corrected chi connectivity index (χ3v) is 11.4. The topological polar surface area (TPSA) is 218 Å². The Balaban J connectivity index is 1.39. The Bertz CT molecular complexity index is 1820. The number of benzene rings is 2. The normalized spacial score (nSPS) is 19.1. The van der Waals surface area contributed by atoms with Gasteiger partial charge in [-0.2, -0.15) is 4.99 Å². The number of β-lactam (4-membered cyclic amide) rings is 1. The lowest BCUT2D eigenvalue weighted by atomic mass is 9.66. The molecule has 2 fully saturated rings. The van der Waals surface area contributed by atoms with Gasteiger partial charge in [0, 0.05) is 55.6 Å². The molecule has 0 bridgehead atoms. The predicted octanol–water partition coefficient (Wildman–Crippen LogP) is 5.04. The number of nitrogens with zero attached hydrogens (tertiary/aromatic N) is 5. The quantitative estimate of drug-likeness (QED) is 0.0379. The molecule has 0 saturated carbocycles. The maximum absolute atomic E-state index is 13.7. The number of imide groups is 1. The second-order valence-electron chi connectivity index (χ2n) is 14.6. The van der Waals surface area contributed by atoms with Gasteiger partial charge in [-0.25, -0.2) is 9.59 Å². The molecule has 296 valence electrons. The lowest BCUT2D eigenvalue weighted by Crippen LogP contribution is -2.68. The van der Waals surface area contributed by atoms with E-state index in [2.05, 4.69) is 4.99 Å². The Labute approximate surface area is 323 Å². The van der Waals surface area contributed by atoms with E-state index in [1.165, 1.54) is 48.5 Å². The highest BCUT2D eigenvalue weighted by Gasteiger charge is 2.58. The van der Waals surface area contributed by atoms with Crippen molar-refractivity contribution in [1.82, 2.24) is 9.80 Å². The number of aliphatic imine (C=N–C) groups is 1. The van der Waals surface area contributed by atoms with Gasteiger partial charge >= 0.3 is 18.0 Å². The largest absolute Gasteiger partial charge is 0.454 e. The third-order valence-electron chi connectivity index (χ3n) is 9.37. The van der Waals surface area contributed by atoms with Gasteiger partial charge in [0.25, 0.3) is 11.4 Å². The molecule has 19 heteroatoms. The molecule has 0 spiro atoms. The first-order chi connectivity index (χ1) is 25.8. The van der Waals surface area contributed by atoms with Gasteiger partial charge in [0.05, 0.1) is 21.8 Å². The van der Waals surface area contributed by atoms with Gasteiger partial charge in [-0.1, -0.05) is 32.5 Å². The molecule has 4 atom stereocenters. The Morgan fingerprint density at radius 1 is 0.945 bits per heavy atom. The van der Waals surface area contributed by atoms with Crippen LogP contribution in [-0.2, 0) is 46.3 Å². The summed E-state index contributed by atoms with van der Waals surface area (Å²) in [5.74, 6) is -3.82. The lowest BCUT2D eigenvalue weighted by Gasteiger charge is -2.51. The monoisotopic (exact) mass is 799 g/mol. The summed E-state index contributed by atoms with van der Waals surface area (Å²) in [4.78, 5) is 93.4. The number of rotatable bonds is 13. The van der Waals surface area contributed by atoms with Crippen LogP contribution in [0.5, 0.6) is 0 Å². The summed E-state index contributed by atoms with van der Waals surface area (Å²) in [6.07, 6.45) is -0.451. The van der Waals surface area contributed by atoms with Crippen LogP contribution in [0.25, 0.3) is 0 Å². The molecular weight excluding hydrogens is 755 g/mol. The molecule has 0 aliphatic carbocycles. The minimum Gasteiger partial charge on any atom is -0.454 e. The van der Waals surface area contributed by atoms with Crippen LogP contribution in [-0.4, -0.2) is 94.5 Å². The van der Waals surface area contributed by atoms with Gasteiger partial charge in [0.1, 0.15) is 19.0 Å². The molecule has 2 heterocycles. The summed E-state index contributed by atoms with van der Waals surface area (Å²) in [7, 11) is -1.50. The number of carbonyl (C=O) groups excluding carboxylic acids is 5. The molecule has 0 radical (unpaired) electrons. The standard InChI is InChI=1S/C36H45N5O12SSi/c1-22(37-35(46)52-20-24-9-13-26(14-10-24)41(49)50)38-16-15-27(18-38)54-30(42)17-29-31(28(36(2,3)4)21-53-55(5)6)32(43)39(29)33(44)34(45)51-19-23-7-11-25(12-8-23)40(47)48/h7-14,27-29,31,55H,15-21H2,1-6H3/t27-,28+,29+,31-/m0/s1. The van der Waals surface area contributed by atoms with E-state index < -0.39 is 60.1 Å². The summed E-state index contributed by atoms with van der Waals surface area (Å²) < 4.78 is 16.4. The van der Waals surface area contributed by atoms with Crippen molar-refractivity contribution in [3.63, 3.8) is 0 Å². The molecular formula is C36H45N5O12SSi. The van der Waals surface area contributed by atoms with Crippen molar-refractivity contribution in [2.75, 3.05) is 19.7 Å². The van der Waals surface area contributed by atoms with E-state index in [4.69, 9.17) is 13.9 Å². The molecule has 3 amide bonds. The Hall–Kier alpha value is -5.01. The van der Waals surface area contributed by atoms with E-state index in [1.807, 2.05) is 38.8 Å². The number of thioether (sulfide) groups is 1. The van der Waals surface area contributed by atoms with Crippen molar-refractivity contribution in [3.05, 3.63) is 79.9 Å². The average Bonchev–Trinajstić information content (AvgIpc) is 3.59. The Morgan fingerprint density at radius 2 is 1.49 bits per heavy atom. The van der Waals surface area contributed by atoms with Crippen molar-refractivity contribution in [3.8, 4) is 0 Å². The molecule has 17 nitrogen and oxygen atoms in total. The first-order valence-electron chi connectivity index (χ1n) is 17.6. The number of hydrogen-bond donors (Lipinski definition) is 0. The number of hydrogen-bond acceptors (Lipinski definition) is 13. The number of carbonyl (C=O) groups is 5. The highest BCUT2D eigenvalue weighted by molar-refractivity contribution is 8.14. The zero-order chi connectivity index (χ0) is 40.6. The van der Waals surface area contributed by atoms with Crippen molar-refractivity contribution in [1.29, 1.82) is 0 Å². The first-order valence-corrected chi connectivity index (χ1v) is 21.3. The van der Waals surface area contributed by atoms with Gasteiger partial charge in [0.15, 0.2) is 14.2 Å². The zero-order valence-corrected chi connectivity index (χ0v) is 33.5. The van der Waals surface area contributed by atoms with E-state index in [1.54, 1.807) is 6.92 Å². The zero-order valence-electron chi connectivity index (χ0n) is 31.5. The van der Waals surface area contributed by atoms with Crippen LogP contribution in [0.2, 0.25) is 13.1 Å². The number of non-ortho nitro benzene ring substituents is 2. The van der Waals surface area contributed by atoms with Gasteiger partial charge in [-0.3, -0.25) is 39.5 Å². The van der Waals surface area contributed by atoms with Crippen molar-refractivity contribution in [2.24, 2.45) is 22.2 Å². The maximum Gasteiger partial charge on any atom is 0.435 e. The molecule has 2 aliphatic heterocycles. The number of amides is 3. The Morgan fingerprint density at radius 3 is 2.00 bits per heavy atom. The fourth-order valence-corrected chi connectivity index (χ4v) is 8.01. The summed E-state index contributed by atoms with van der Waals surface area (Å²) in [6.45, 7) is 12.2. The fourth-order valence-electron chi connectivity index (χ4n) is 6.30. The number of nitro groups is 2. The van der Waals surface area contributed by atoms with Crippen molar-refractivity contribution >= 4 is 67.0 Å². The van der Waals surface area contributed by atoms with Gasteiger partial charge in [-0.15, -0.1) is 0 Å². The highest BCUT2D eigenvalue weighted by atomic mass is 32.2. The summed E-state index contributed by atoms with van der Waals surface area (Å²) in [6, 6.07) is 9.93. The van der Waals surface area contributed by atoms with E-state index in [0.29, 0.717) is 36.5 Å². The number of ether oxygens (including phenoxy) is 2. The van der Waals surface area contributed by atoms with Gasteiger partial charge in [0.2, 0.25) is 5.91 Å². The lowest BCUT2D eigenvalue weighted by molar-refractivity contribution is -0.385. The smallest absolute Gasteiger partial charge is 0.435 e. The molecule has 0 unspecified atom stereocenters. The van der Waals surface area contributed by atoms with Crippen LogP contribution >= 0.6 is 11.8 Å². The van der Waals surface area contributed by atoms with Crippen LogP contribution < -0.4 is 0 Å². The van der Waals surface area contributed by atoms with E-state index >= 15 is 0 Å². The van der Waals surface area contributed by atoms with Crippen LogP contribution in [0.3, 0.4) is 0 Å². The molecule has 2 saturated heterocycles.